The van der Waals surface area contributed by atoms with Gasteiger partial charge >= 0.3 is 0 Å². The van der Waals surface area contributed by atoms with Crippen LogP contribution in [0.25, 0.3) is 0 Å². The zero-order chi connectivity index (χ0) is 12.7. The Morgan fingerprint density at radius 2 is 2.24 bits per heavy atom. The average molecular weight is 255 g/mol. The van der Waals surface area contributed by atoms with E-state index in [4.69, 9.17) is 4.74 Å². The molecule has 1 aromatic heterocycles. The van der Waals surface area contributed by atoms with Crippen LogP contribution in [0, 0.1) is 0 Å². The van der Waals surface area contributed by atoms with Crippen LogP contribution in [-0.2, 0) is 11.3 Å². The van der Waals surface area contributed by atoms with Crippen molar-refractivity contribution in [2.45, 2.75) is 26.0 Å². The van der Waals surface area contributed by atoms with Crippen LogP contribution in [0.4, 0.5) is 0 Å². The summed E-state index contributed by atoms with van der Waals surface area (Å²) in [7, 11) is 3.48. The Labute approximate surface area is 107 Å². The summed E-state index contributed by atoms with van der Waals surface area (Å²) in [6, 6.07) is 4.15. The van der Waals surface area contributed by atoms with Crippen LogP contribution in [0.3, 0.4) is 0 Å². The number of hydrogen-bond donors (Lipinski definition) is 2. The normalized spacial score (nSPS) is 12.6. The fourth-order valence-corrected chi connectivity index (χ4v) is 1.82. The van der Waals surface area contributed by atoms with E-state index in [2.05, 4.69) is 27.1 Å². The van der Waals surface area contributed by atoms with Crippen LogP contribution >= 0.6 is 11.3 Å². The molecule has 0 fully saturated rings. The van der Waals surface area contributed by atoms with Gasteiger partial charge in [-0.05, 0) is 25.3 Å². The minimum absolute atomic E-state index is 0.194. The fourth-order valence-electron chi connectivity index (χ4n) is 1.17. The lowest BCUT2D eigenvalue weighted by Gasteiger charge is -2.24. The lowest BCUT2D eigenvalue weighted by molar-refractivity contribution is 0.0268. The summed E-state index contributed by atoms with van der Waals surface area (Å²) in [5.41, 5.74) is -0.194. The van der Waals surface area contributed by atoms with Crippen LogP contribution < -0.4 is 10.6 Å². The van der Waals surface area contributed by atoms with Gasteiger partial charge < -0.3 is 15.4 Å². The monoisotopic (exact) mass is 255 g/mol. The number of aliphatic imine (C=N–C) groups is 1. The van der Waals surface area contributed by atoms with Gasteiger partial charge in [-0.15, -0.1) is 11.3 Å². The molecule has 4 nitrogen and oxygen atoms in total. The Kier molecular flexibility index (Phi) is 5.44. The van der Waals surface area contributed by atoms with E-state index in [1.165, 1.54) is 4.88 Å². The van der Waals surface area contributed by atoms with Gasteiger partial charge in [0.05, 0.1) is 12.1 Å². The lowest BCUT2D eigenvalue weighted by Crippen LogP contribution is -2.44. The van der Waals surface area contributed by atoms with Crippen LogP contribution in [0.5, 0.6) is 0 Å². The maximum absolute atomic E-state index is 5.34. The Hall–Kier alpha value is -1.07. The number of nitrogens with one attached hydrogen (secondary N) is 2. The topological polar surface area (TPSA) is 45.7 Å². The number of hydrogen-bond acceptors (Lipinski definition) is 3. The highest BCUT2D eigenvalue weighted by Gasteiger charge is 2.16. The standard InChI is InChI=1S/C12H21N3OS/c1-12(2,16-4)9-15-11(13-3)14-8-10-6-5-7-17-10/h5-7H,8-9H2,1-4H3,(H2,13,14,15). The van der Waals surface area contributed by atoms with Gasteiger partial charge in [-0.25, -0.2) is 0 Å². The van der Waals surface area contributed by atoms with Crippen molar-refractivity contribution in [3.63, 3.8) is 0 Å². The molecule has 0 spiro atoms. The van der Waals surface area contributed by atoms with Crippen LogP contribution in [0.15, 0.2) is 22.5 Å². The van der Waals surface area contributed by atoms with E-state index in [9.17, 15) is 0 Å². The molecular formula is C12H21N3OS. The van der Waals surface area contributed by atoms with E-state index in [0.717, 1.165) is 12.5 Å². The second-order valence-electron chi connectivity index (χ2n) is 4.32. The maximum atomic E-state index is 5.34. The number of methoxy groups -OCH3 is 1. The van der Waals surface area contributed by atoms with Crippen molar-refractivity contribution in [1.82, 2.24) is 10.6 Å². The summed E-state index contributed by atoms with van der Waals surface area (Å²) >= 11 is 1.73. The van der Waals surface area contributed by atoms with Crippen molar-refractivity contribution in [3.8, 4) is 0 Å². The van der Waals surface area contributed by atoms with Gasteiger partial charge in [0.1, 0.15) is 0 Å². The molecule has 0 atom stereocenters. The van der Waals surface area contributed by atoms with E-state index in [-0.39, 0.29) is 5.60 Å². The predicted molar refractivity (Wildman–Crippen MR) is 73.6 cm³/mol. The molecule has 0 unspecified atom stereocenters. The molecule has 96 valence electrons. The quantitative estimate of drug-likeness (QED) is 0.623. The average Bonchev–Trinajstić information content (AvgIpc) is 2.82. The fraction of sp³-hybridized carbons (Fsp3) is 0.583. The third-order valence-electron chi connectivity index (χ3n) is 2.47. The van der Waals surface area contributed by atoms with E-state index in [1.807, 2.05) is 19.9 Å². The van der Waals surface area contributed by atoms with Crippen molar-refractivity contribution >= 4 is 17.3 Å². The second kappa shape index (κ2) is 6.61. The molecule has 17 heavy (non-hydrogen) atoms. The zero-order valence-corrected chi connectivity index (χ0v) is 11.7. The Morgan fingerprint density at radius 3 is 2.76 bits per heavy atom. The van der Waals surface area contributed by atoms with Gasteiger partial charge in [-0.1, -0.05) is 6.07 Å². The zero-order valence-electron chi connectivity index (χ0n) is 10.9. The molecule has 0 saturated carbocycles. The molecule has 1 rings (SSSR count). The Morgan fingerprint density at radius 1 is 1.47 bits per heavy atom. The first-order chi connectivity index (χ1) is 8.07. The maximum Gasteiger partial charge on any atom is 0.191 e. The summed E-state index contributed by atoms with van der Waals surface area (Å²) in [5.74, 6) is 0.795. The molecule has 2 N–H and O–H groups in total. The number of rotatable bonds is 5. The predicted octanol–water partition coefficient (Wildman–Crippen LogP) is 1.84. The number of thiophene rings is 1. The van der Waals surface area contributed by atoms with E-state index in [0.29, 0.717) is 6.54 Å². The first-order valence-electron chi connectivity index (χ1n) is 5.59. The summed E-state index contributed by atoms with van der Waals surface area (Å²) in [4.78, 5) is 5.46. The summed E-state index contributed by atoms with van der Waals surface area (Å²) in [6.45, 7) is 5.58. The molecule has 0 amide bonds. The molecule has 0 bridgehead atoms. The van der Waals surface area contributed by atoms with Crippen molar-refractivity contribution in [2.75, 3.05) is 20.7 Å². The van der Waals surface area contributed by atoms with E-state index >= 15 is 0 Å². The van der Waals surface area contributed by atoms with E-state index < -0.39 is 0 Å². The number of nitrogens with zero attached hydrogens (tertiary/aromatic N) is 1. The van der Waals surface area contributed by atoms with E-state index in [1.54, 1.807) is 25.5 Å². The van der Waals surface area contributed by atoms with Crippen LogP contribution in [0.1, 0.15) is 18.7 Å². The first-order valence-corrected chi connectivity index (χ1v) is 6.47. The minimum Gasteiger partial charge on any atom is -0.377 e. The molecular weight excluding hydrogens is 234 g/mol. The molecule has 0 saturated heterocycles. The largest absolute Gasteiger partial charge is 0.377 e. The van der Waals surface area contributed by atoms with Crippen LogP contribution in [0.2, 0.25) is 0 Å². The molecule has 0 aromatic carbocycles. The molecule has 1 heterocycles. The molecule has 0 aliphatic heterocycles. The van der Waals surface area contributed by atoms with Crippen molar-refractivity contribution in [2.24, 2.45) is 4.99 Å². The molecule has 0 aliphatic rings. The lowest BCUT2D eigenvalue weighted by atomic mass is 10.1. The number of ether oxygens (including phenoxy) is 1. The minimum atomic E-state index is -0.194. The number of guanidine groups is 1. The third kappa shape index (κ3) is 5.19. The Bertz CT molecular complexity index is 347. The second-order valence-corrected chi connectivity index (χ2v) is 5.35. The van der Waals surface area contributed by atoms with Crippen molar-refractivity contribution in [3.05, 3.63) is 22.4 Å². The van der Waals surface area contributed by atoms with Gasteiger partial charge in [-0.3, -0.25) is 4.99 Å². The third-order valence-corrected chi connectivity index (χ3v) is 3.34. The van der Waals surface area contributed by atoms with Gasteiger partial charge in [0.25, 0.3) is 0 Å². The highest BCUT2D eigenvalue weighted by Crippen LogP contribution is 2.07. The summed E-state index contributed by atoms with van der Waals surface area (Å²) < 4.78 is 5.34. The highest BCUT2D eigenvalue weighted by atomic mass is 32.1. The smallest absolute Gasteiger partial charge is 0.191 e. The van der Waals surface area contributed by atoms with Gasteiger partial charge in [0.2, 0.25) is 0 Å². The Balaban J connectivity index is 2.35. The molecule has 0 radical (unpaired) electrons. The molecule has 0 aliphatic carbocycles. The summed E-state index contributed by atoms with van der Waals surface area (Å²) in [6.07, 6.45) is 0. The summed E-state index contributed by atoms with van der Waals surface area (Å²) in [5, 5.41) is 8.57. The molecule has 5 heteroatoms. The van der Waals surface area contributed by atoms with Crippen molar-refractivity contribution < 1.29 is 4.74 Å². The molecule has 1 aromatic rings. The van der Waals surface area contributed by atoms with Crippen molar-refractivity contribution in [1.29, 1.82) is 0 Å². The highest BCUT2D eigenvalue weighted by molar-refractivity contribution is 7.09. The van der Waals surface area contributed by atoms with Gasteiger partial charge in [0, 0.05) is 25.6 Å². The first kappa shape index (κ1) is 14.0. The van der Waals surface area contributed by atoms with Gasteiger partial charge in [-0.2, -0.15) is 0 Å². The van der Waals surface area contributed by atoms with Gasteiger partial charge in [0.15, 0.2) is 5.96 Å². The SMILES string of the molecule is CN=C(NCc1cccs1)NCC(C)(C)OC. The van der Waals surface area contributed by atoms with Crippen LogP contribution in [-0.4, -0.2) is 32.3 Å².